The van der Waals surface area contributed by atoms with Gasteiger partial charge in [-0.25, -0.2) is 4.79 Å². The normalized spacial score (nSPS) is 19.0. The molecule has 2 amide bonds. The van der Waals surface area contributed by atoms with Crippen LogP contribution < -0.4 is 5.73 Å². The van der Waals surface area contributed by atoms with Gasteiger partial charge < -0.3 is 25.2 Å². The summed E-state index contributed by atoms with van der Waals surface area (Å²) in [5, 5.41) is 24.0. The van der Waals surface area contributed by atoms with Gasteiger partial charge in [-0.2, -0.15) is 18.4 Å². The van der Waals surface area contributed by atoms with Crippen molar-refractivity contribution in [1.29, 1.82) is 5.26 Å². The number of hydrogen-bond acceptors (Lipinski definition) is 7. The topological polar surface area (TPSA) is 158 Å². The van der Waals surface area contributed by atoms with Crippen LogP contribution in [0.25, 0.3) is 0 Å². The fourth-order valence-electron chi connectivity index (χ4n) is 3.22. The van der Waals surface area contributed by atoms with Crippen molar-refractivity contribution in [3.8, 4) is 6.07 Å². The first kappa shape index (κ1) is 24.1. The first-order valence-corrected chi connectivity index (χ1v) is 9.44. The average molecular weight is 445 g/mol. The predicted molar refractivity (Wildman–Crippen MR) is 96.7 cm³/mol. The lowest BCUT2D eigenvalue weighted by molar-refractivity contribution is -0.192. The Balaban J connectivity index is 0.000000423. The number of alkyl halides is 3. The molecule has 14 heteroatoms. The third-order valence-electron chi connectivity index (χ3n) is 4.91. The van der Waals surface area contributed by atoms with E-state index in [1.807, 2.05) is 4.57 Å². The van der Waals surface area contributed by atoms with Gasteiger partial charge in [-0.1, -0.05) is 0 Å². The quantitative estimate of drug-likeness (QED) is 0.649. The summed E-state index contributed by atoms with van der Waals surface area (Å²) in [6, 6.07) is 1.01. The molecule has 3 rings (SSSR count). The van der Waals surface area contributed by atoms with E-state index in [2.05, 4.69) is 16.3 Å². The third kappa shape index (κ3) is 6.38. The highest BCUT2D eigenvalue weighted by atomic mass is 19.4. The van der Waals surface area contributed by atoms with E-state index in [1.54, 1.807) is 16.1 Å². The number of nitrogens with zero attached hydrogens (tertiary/aromatic N) is 6. The molecule has 170 valence electrons. The number of carboxylic acids is 1. The Hall–Kier alpha value is -3.21. The van der Waals surface area contributed by atoms with Gasteiger partial charge in [0.25, 0.3) is 0 Å². The summed E-state index contributed by atoms with van der Waals surface area (Å²) in [6.07, 6.45) is -1.40. The Morgan fingerprint density at radius 3 is 2.61 bits per heavy atom. The molecule has 11 nitrogen and oxygen atoms in total. The average Bonchev–Trinajstić information content (AvgIpc) is 3.39. The van der Waals surface area contributed by atoms with E-state index in [-0.39, 0.29) is 30.7 Å². The van der Waals surface area contributed by atoms with Crippen LogP contribution in [0.3, 0.4) is 0 Å². The van der Waals surface area contributed by atoms with Crippen LogP contribution in [0.15, 0.2) is 6.33 Å². The van der Waals surface area contributed by atoms with Crippen LogP contribution in [0.2, 0.25) is 0 Å². The summed E-state index contributed by atoms with van der Waals surface area (Å²) in [5.41, 5.74) is 5.95. The van der Waals surface area contributed by atoms with E-state index >= 15 is 0 Å². The minimum Gasteiger partial charge on any atom is -0.475 e. The predicted octanol–water partition coefficient (Wildman–Crippen LogP) is -0.124. The number of halogens is 3. The van der Waals surface area contributed by atoms with Crippen LogP contribution in [-0.2, 0) is 27.5 Å². The maximum atomic E-state index is 12.3. The van der Waals surface area contributed by atoms with Gasteiger partial charge in [-0.15, -0.1) is 10.2 Å². The first-order valence-electron chi connectivity index (χ1n) is 9.44. The number of likely N-dealkylation sites (tertiary alicyclic amines) is 1. The molecule has 1 fully saturated rings. The highest BCUT2D eigenvalue weighted by molar-refractivity contribution is 5.84. The number of carboxylic acid groups (broad SMARTS) is 1. The second kappa shape index (κ2) is 10.2. The number of nitrogens with two attached hydrogens (primary N) is 1. The van der Waals surface area contributed by atoms with Crippen molar-refractivity contribution in [2.24, 2.45) is 5.73 Å². The van der Waals surface area contributed by atoms with E-state index in [0.29, 0.717) is 32.6 Å². The minimum absolute atomic E-state index is 0.0363. The van der Waals surface area contributed by atoms with Gasteiger partial charge in [0.15, 0.2) is 5.82 Å². The largest absolute Gasteiger partial charge is 0.490 e. The number of rotatable bonds is 4. The van der Waals surface area contributed by atoms with Crippen LogP contribution in [0.5, 0.6) is 0 Å². The lowest BCUT2D eigenvalue weighted by atomic mass is 10.1. The van der Waals surface area contributed by atoms with Gasteiger partial charge in [0.2, 0.25) is 11.8 Å². The summed E-state index contributed by atoms with van der Waals surface area (Å²) in [4.78, 5) is 36.8. The van der Waals surface area contributed by atoms with E-state index < -0.39 is 18.2 Å². The second-order valence-electron chi connectivity index (χ2n) is 7.02. The van der Waals surface area contributed by atoms with Crippen LogP contribution in [0.1, 0.15) is 31.5 Å². The molecule has 31 heavy (non-hydrogen) atoms. The molecule has 0 spiro atoms. The van der Waals surface area contributed by atoms with Crippen molar-refractivity contribution in [2.45, 2.75) is 57.0 Å². The number of carbonyl (C=O) groups excluding carboxylic acids is 2. The SMILES string of the molecule is N#C[C@@H]1CCCN1C(=O)[C@@H](N)CCC(=O)N1CCn2cnnc2C1.O=C(O)C(F)(F)F. The molecule has 1 aromatic rings. The Kier molecular flexibility index (Phi) is 7.92. The highest BCUT2D eigenvalue weighted by Gasteiger charge is 2.38. The molecule has 0 unspecified atom stereocenters. The van der Waals surface area contributed by atoms with Crippen LogP contribution in [-0.4, -0.2) is 78.8 Å². The Morgan fingerprint density at radius 1 is 1.32 bits per heavy atom. The number of nitriles is 1. The molecule has 3 heterocycles. The fraction of sp³-hybridized carbons (Fsp3) is 0.647. The van der Waals surface area contributed by atoms with Crippen molar-refractivity contribution in [1.82, 2.24) is 24.6 Å². The number of aromatic nitrogens is 3. The molecule has 2 atom stereocenters. The van der Waals surface area contributed by atoms with E-state index in [0.717, 1.165) is 12.2 Å². The molecule has 0 radical (unpaired) electrons. The van der Waals surface area contributed by atoms with Gasteiger partial charge in [-0.3, -0.25) is 9.59 Å². The van der Waals surface area contributed by atoms with Gasteiger partial charge >= 0.3 is 12.1 Å². The zero-order valence-corrected chi connectivity index (χ0v) is 16.5. The number of hydrogen-bond donors (Lipinski definition) is 2. The van der Waals surface area contributed by atoms with Crippen molar-refractivity contribution >= 4 is 17.8 Å². The van der Waals surface area contributed by atoms with Crippen molar-refractivity contribution in [3.05, 3.63) is 12.2 Å². The van der Waals surface area contributed by atoms with Gasteiger partial charge in [0.1, 0.15) is 12.4 Å². The lowest BCUT2D eigenvalue weighted by Crippen LogP contribution is -2.46. The first-order chi connectivity index (χ1) is 14.5. The minimum atomic E-state index is -5.08. The molecule has 0 bridgehead atoms. The number of aliphatic carboxylic acids is 1. The summed E-state index contributed by atoms with van der Waals surface area (Å²) >= 11 is 0. The van der Waals surface area contributed by atoms with E-state index in [9.17, 15) is 22.8 Å². The molecule has 1 aromatic heterocycles. The Labute approximate surface area is 175 Å². The number of carbonyl (C=O) groups is 3. The van der Waals surface area contributed by atoms with Crippen LogP contribution in [0.4, 0.5) is 13.2 Å². The molecular weight excluding hydrogens is 423 g/mol. The lowest BCUT2D eigenvalue weighted by Gasteiger charge is -2.28. The Morgan fingerprint density at radius 2 is 2.00 bits per heavy atom. The summed E-state index contributed by atoms with van der Waals surface area (Å²) in [6.45, 7) is 2.29. The maximum Gasteiger partial charge on any atom is 0.490 e. The fourth-order valence-corrected chi connectivity index (χ4v) is 3.22. The number of fused-ring (bicyclic) bond motifs is 1. The molecule has 2 aliphatic heterocycles. The zero-order chi connectivity index (χ0) is 23.2. The second-order valence-corrected chi connectivity index (χ2v) is 7.02. The highest BCUT2D eigenvalue weighted by Crippen LogP contribution is 2.18. The molecule has 0 aromatic carbocycles. The molecule has 0 aliphatic carbocycles. The molecule has 0 saturated carbocycles. The van der Waals surface area contributed by atoms with Crippen LogP contribution in [0, 0.1) is 11.3 Å². The van der Waals surface area contributed by atoms with Crippen molar-refractivity contribution < 1.29 is 32.7 Å². The van der Waals surface area contributed by atoms with Gasteiger partial charge in [0, 0.05) is 26.1 Å². The van der Waals surface area contributed by atoms with Crippen LogP contribution >= 0.6 is 0 Å². The van der Waals surface area contributed by atoms with E-state index in [4.69, 9.17) is 20.9 Å². The number of amides is 2. The summed E-state index contributed by atoms with van der Waals surface area (Å²) in [5.74, 6) is -2.26. The molecular formula is C17H22F3N7O4. The van der Waals surface area contributed by atoms with Crippen molar-refractivity contribution in [3.63, 3.8) is 0 Å². The summed E-state index contributed by atoms with van der Waals surface area (Å²) < 4.78 is 33.7. The smallest absolute Gasteiger partial charge is 0.475 e. The summed E-state index contributed by atoms with van der Waals surface area (Å²) in [7, 11) is 0. The standard InChI is InChI=1S/C15H21N7O2.C2HF3O2/c16-8-11-2-1-5-22(11)15(24)12(17)3-4-14(23)20-6-7-21-10-18-19-13(21)9-20;3-2(4,5)1(6)7/h10-12H,1-7,9,17H2;(H,6,7)/t11-,12-;/m0./s1. The zero-order valence-electron chi connectivity index (χ0n) is 16.5. The van der Waals surface area contributed by atoms with E-state index in [1.165, 1.54) is 0 Å². The molecule has 3 N–H and O–H groups in total. The molecule has 2 aliphatic rings. The monoisotopic (exact) mass is 445 g/mol. The molecule has 1 saturated heterocycles. The Bertz CT molecular complexity index is 852. The maximum absolute atomic E-state index is 12.3. The van der Waals surface area contributed by atoms with Gasteiger partial charge in [0.05, 0.1) is 18.7 Å². The van der Waals surface area contributed by atoms with Gasteiger partial charge in [-0.05, 0) is 19.3 Å². The van der Waals surface area contributed by atoms with Crippen molar-refractivity contribution in [2.75, 3.05) is 13.1 Å². The third-order valence-corrected chi connectivity index (χ3v) is 4.91.